The van der Waals surface area contributed by atoms with Crippen LogP contribution in [-0.2, 0) is 0 Å². The molecule has 0 spiro atoms. The molecule has 0 aliphatic carbocycles. The lowest BCUT2D eigenvalue weighted by molar-refractivity contribution is 0.820. The average molecular weight is 212 g/mol. The van der Waals surface area contributed by atoms with Crippen molar-refractivity contribution in [1.29, 1.82) is 0 Å². The van der Waals surface area contributed by atoms with Crippen LogP contribution < -0.4 is 5.73 Å². The summed E-state index contributed by atoms with van der Waals surface area (Å²) in [6, 6.07) is 14.1. The Hall–Kier alpha value is -1.67. The predicted octanol–water partition coefficient (Wildman–Crippen LogP) is 2.75. The molecule has 0 saturated carbocycles. The Kier molecular flexibility index (Phi) is 3.02. The van der Waals surface area contributed by atoms with Crippen molar-refractivity contribution in [3.05, 3.63) is 65.0 Å². The lowest BCUT2D eigenvalue weighted by Crippen LogP contribution is -2.13. The second-order valence-electron chi connectivity index (χ2n) is 4.10. The van der Waals surface area contributed by atoms with Crippen LogP contribution in [0.15, 0.2) is 42.5 Å². The van der Waals surface area contributed by atoms with Gasteiger partial charge in [-0.05, 0) is 31.5 Å². The van der Waals surface area contributed by atoms with Gasteiger partial charge in [0.25, 0.3) is 0 Å². The van der Waals surface area contributed by atoms with Crippen molar-refractivity contribution in [1.82, 2.24) is 4.98 Å². The number of aromatic nitrogens is 1. The van der Waals surface area contributed by atoms with Gasteiger partial charge < -0.3 is 5.73 Å². The fourth-order valence-corrected chi connectivity index (χ4v) is 1.77. The third kappa shape index (κ3) is 2.28. The molecule has 1 aromatic heterocycles. The fourth-order valence-electron chi connectivity index (χ4n) is 1.77. The van der Waals surface area contributed by atoms with Crippen molar-refractivity contribution in [3.8, 4) is 0 Å². The third-order valence-electron chi connectivity index (χ3n) is 2.63. The van der Waals surface area contributed by atoms with Gasteiger partial charge in [0.1, 0.15) is 0 Å². The largest absolute Gasteiger partial charge is 0.319 e. The lowest BCUT2D eigenvalue weighted by Gasteiger charge is -2.12. The van der Waals surface area contributed by atoms with Crippen LogP contribution >= 0.6 is 0 Å². The number of hydrogen-bond acceptors (Lipinski definition) is 2. The third-order valence-corrected chi connectivity index (χ3v) is 2.63. The molecule has 0 radical (unpaired) electrons. The first-order chi connectivity index (χ1) is 7.66. The molecule has 0 bridgehead atoms. The monoisotopic (exact) mass is 212 g/mol. The number of nitrogens with two attached hydrogens (primary N) is 1. The molecule has 2 nitrogen and oxygen atoms in total. The van der Waals surface area contributed by atoms with Crippen LogP contribution in [0.4, 0.5) is 0 Å². The molecule has 1 aromatic carbocycles. The highest BCUT2D eigenvalue weighted by molar-refractivity contribution is 5.30. The zero-order valence-electron chi connectivity index (χ0n) is 9.64. The van der Waals surface area contributed by atoms with Crippen molar-refractivity contribution in [2.24, 2.45) is 5.73 Å². The summed E-state index contributed by atoms with van der Waals surface area (Å²) in [5.41, 5.74) is 10.4. The summed E-state index contributed by atoms with van der Waals surface area (Å²) in [6.45, 7) is 4.05. The second kappa shape index (κ2) is 4.45. The highest BCUT2D eigenvalue weighted by Crippen LogP contribution is 2.18. The fraction of sp³-hybridized carbons (Fsp3) is 0.214. The first-order valence-electron chi connectivity index (χ1n) is 5.42. The van der Waals surface area contributed by atoms with Gasteiger partial charge in [-0.1, -0.05) is 35.9 Å². The van der Waals surface area contributed by atoms with Crippen LogP contribution in [-0.4, -0.2) is 4.98 Å². The van der Waals surface area contributed by atoms with E-state index < -0.39 is 0 Å². The molecule has 0 saturated heterocycles. The van der Waals surface area contributed by atoms with Crippen molar-refractivity contribution >= 4 is 0 Å². The van der Waals surface area contributed by atoms with Gasteiger partial charge in [0.2, 0.25) is 0 Å². The van der Waals surface area contributed by atoms with Crippen LogP contribution in [0.1, 0.15) is 28.6 Å². The van der Waals surface area contributed by atoms with E-state index in [0.717, 1.165) is 17.0 Å². The summed E-state index contributed by atoms with van der Waals surface area (Å²) >= 11 is 0. The average Bonchev–Trinajstić information content (AvgIpc) is 2.28. The van der Waals surface area contributed by atoms with E-state index in [-0.39, 0.29) is 6.04 Å². The lowest BCUT2D eigenvalue weighted by atomic mass is 10.0. The van der Waals surface area contributed by atoms with E-state index in [4.69, 9.17) is 5.73 Å². The van der Waals surface area contributed by atoms with Gasteiger partial charge in [0, 0.05) is 5.69 Å². The zero-order valence-corrected chi connectivity index (χ0v) is 9.64. The Morgan fingerprint density at radius 3 is 2.50 bits per heavy atom. The standard InChI is InChI=1S/C14H16N2/c1-10-5-3-7-12(9-10)14(15)13-8-4-6-11(2)16-13/h3-9,14H,15H2,1-2H3. The van der Waals surface area contributed by atoms with Crippen LogP contribution in [0, 0.1) is 13.8 Å². The number of hydrogen-bond donors (Lipinski definition) is 1. The Bertz CT molecular complexity index is 446. The molecule has 2 heteroatoms. The second-order valence-corrected chi connectivity index (χ2v) is 4.10. The number of nitrogens with zero attached hydrogens (tertiary/aromatic N) is 1. The molecule has 1 atom stereocenters. The van der Waals surface area contributed by atoms with E-state index in [0.29, 0.717) is 0 Å². The Balaban J connectivity index is 2.35. The first-order valence-corrected chi connectivity index (χ1v) is 5.42. The molecule has 16 heavy (non-hydrogen) atoms. The zero-order chi connectivity index (χ0) is 11.5. The SMILES string of the molecule is Cc1cccc(C(N)c2cccc(C)n2)c1. The van der Waals surface area contributed by atoms with Gasteiger partial charge in [0.15, 0.2) is 0 Å². The Labute approximate surface area is 96.1 Å². The number of aryl methyl sites for hydroxylation is 2. The first kappa shape index (κ1) is 10.8. The van der Waals surface area contributed by atoms with E-state index in [2.05, 4.69) is 24.0 Å². The molecule has 0 fully saturated rings. The number of pyridine rings is 1. The van der Waals surface area contributed by atoms with Gasteiger partial charge in [-0.2, -0.15) is 0 Å². The molecule has 0 aliphatic rings. The van der Waals surface area contributed by atoms with Crippen molar-refractivity contribution in [3.63, 3.8) is 0 Å². The van der Waals surface area contributed by atoms with Crippen LogP contribution in [0.3, 0.4) is 0 Å². The van der Waals surface area contributed by atoms with Crippen molar-refractivity contribution in [2.45, 2.75) is 19.9 Å². The molecule has 1 unspecified atom stereocenters. The Morgan fingerprint density at radius 1 is 1.06 bits per heavy atom. The Morgan fingerprint density at radius 2 is 1.81 bits per heavy atom. The maximum absolute atomic E-state index is 6.19. The van der Waals surface area contributed by atoms with Crippen molar-refractivity contribution < 1.29 is 0 Å². The summed E-state index contributed by atoms with van der Waals surface area (Å²) in [5.74, 6) is 0. The molecule has 2 rings (SSSR count). The summed E-state index contributed by atoms with van der Waals surface area (Å²) < 4.78 is 0. The number of rotatable bonds is 2. The van der Waals surface area contributed by atoms with Gasteiger partial charge in [-0.3, -0.25) is 4.98 Å². The topological polar surface area (TPSA) is 38.9 Å². The van der Waals surface area contributed by atoms with E-state index >= 15 is 0 Å². The minimum Gasteiger partial charge on any atom is -0.319 e. The minimum absolute atomic E-state index is 0.139. The van der Waals surface area contributed by atoms with E-state index in [1.165, 1.54) is 5.56 Å². The quantitative estimate of drug-likeness (QED) is 0.831. The van der Waals surface area contributed by atoms with Gasteiger partial charge in [-0.15, -0.1) is 0 Å². The van der Waals surface area contributed by atoms with Crippen LogP contribution in [0.5, 0.6) is 0 Å². The molecular weight excluding hydrogens is 196 g/mol. The maximum atomic E-state index is 6.19. The van der Waals surface area contributed by atoms with E-state index in [9.17, 15) is 0 Å². The minimum atomic E-state index is -0.139. The summed E-state index contributed by atoms with van der Waals surface area (Å²) in [5, 5.41) is 0. The maximum Gasteiger partial charge on any atom is 0.0726 e. The molecule has 0 aliphatic heterocycles. The normalized spacial score (nSPS) is 12.4. The van der Waals surface area contributed by atoms with Crippen molar-refractivity contribution in [2.75, 3.05) is 0 Å². The smallest absolute Gasteiger partial charge is 0.0726 e. The van der Waals surface area contributed by atoms with Gasteiger partial charge in [0.05, 0.1) is 11.7 Å². The molecular formula is C14H16N2. The van der Waals surface area contributed by atoms with E-state index in [1.54, 1.807) is 0 Å². The molecule has 82 valence electrons. The van der Waals surface area contributed by atoms with Gasteiger partial charge in [-0.25, -0.2) is 0 Å². The van der Waals surface area contributed by atoms with Crippen LogP contribution in [0.25, 0.3) is 0 Å². The highest BCUT2D eigenvalue weighted by Gasteiger charge is 2.09. The molecule has 0 amide bonds. The predicted molar refractivity (Wildman–Crippen MR) is 66.2 cm³/mol. The van der Waals surface area contributed by atoms with Crippen LogP contribution in [0.2, 0.25) is 0 Å². The molecule has 1 heterocycles. The molecule has 2 N–H and O–H groups in total. The van der Waals surface area contributed by atoms with E-state index in [1.807, 2.05) is 37.3 Å². The molecule has 2 aromatic rings. The highest BCUT2D eigenvalue weighted by atomic mass is 14.8. The summed E-state index contributed by atoms with van der Waals surface area (Å²) in [7, 11) is 0. The van der Waals surface area contributed by atoms with Gasteiger partial charge >= 0.3 is 0 Å². The number of benzene rings is 1. The summed E-state index contributed by atoms with van der Waals surface area (Å²) in [6.07, 6.45) is 0. The summed E-state index contributed by atoms with van der Waals surface area (Å²) in [4.78, 5) is 4.45.